The highest BCUT2D eigenvalue weighted by molar-refractivity contribution is 9.13. The van der Waals surface area contributed by atoms with E-state index < -0.39 is 0 Å². The van der Waals surface area contributed by atoms with Gasteiger partial charge in [0.1, 0.15) is 0 Å². The summed E-state index contributed by atoms with van der Waals surface area (Å²) in [4.78, 5) is 1.23. The van der Waals surface area contributed by atoms with Crippen LogP contribution in [-0.2, 0) is 0 Å². The van der Waals surface area contributed by atoms with Gasteiger partial charge in [0.15, 0.2) is 0 Å². The van der Waals surface area contributed by atoms with Crippen LogP contribution in [0.2, 0.25) is 0 Å². The third-order valence-corrected chi connectivity index (χ3v) is 5.07. The van der Waals surface area contributed by atoms with Crippen LogP contribution in [0.5, 0.6) is 0 Å². The molecule has 0 aromatic carbocycles. The van der Waals surface area contributed by atoms with E-state index in [9.17, 15) is 0 Å². The number of thiophene rings is 1. The van der Waals surface area contributed by atoms with Crippen molar-refractivity contribution in [3.63, 3.8) is 0 Å². The smallest absolute Gasteiger partial charge is 0.0843 e. The van der Waals surface area contributed by atoms with Gasteiger partial charge in [0.2, 0.25) is 0 Å². The number of nitrogens with two attached hydrogens (primary N) is 1. The Balaban J connectivity index is 2.89. The average Bonchev–Trinajstić information content (AvgIpc) is 2.30. The molecule has 1 nitrogen and oxygen atoms in total. The number of halogens is 2. The van der Waals surface area contributed by atoms with Crippen molar-refractivity contribution in [3.8, 4) is 0 Å². The van der Waals surface area contributed by atoms with Crippen LogP contribution >= 0.6 is 43.2 Å². The van der Waals surface area contributed by atoms with E-state index in [2.05, 4.69) is 51.8 Å². The van der Waals surface area contributed by atoms with Gasteiger partial charge < -0.3 is 5.73 Å². The fourth-order valence-electron chi connectivity index (χ4n) is 0.856. The van der Waals surface area contributed by atoms with Gasteiger partial charge in [-0.25, -0.2) is 0 Å². The van der Waals surface area contributed by atoms with Gasteiger partial charge in [0, 0.05) is 15.4 Å². The highest BCUT2D eigenvalue weighted by Gasteiger charge is 2.14. The van der Waals surface area contributed by atoms with Gasteiger partial charge in [-0.05, 0) is 43.8 Å². The maximum atomic E-state index is 5.99. The van der Waals surface area contributed by atoms with Crippen molar-refractivity contribution in [3.05, 3.63) is 19.2 Å². The molecule has 0 fully saturated rings. The third kappa shape index (κ3) is 2.31. The predicted molar refractivity (Wildman–Crippen MR) is 61.5 cm³/mol. The molecule has 0 bridgehead atoms. The molecule has 0 spiro atoms. The lowest BCUT2D eigenvalue weighted by atomic mass is 10.0. The van der Waals surface area contributed by atoms with Crippen molar-refractivity contribution in [2.75, 3.05) is 0 Å². The van der Waals surface area contributed by atoms with Crippen LogP contribution in [0.15, 0.2) is 14.3 Å². The molecule has 0 unspecified atom stereocenters. The lowest BCUT2D eigenvalue weighted by Gasteiger charge is -2.12. The van der Waals surface area contributed by atoms with Crippen LogP contribution in [0.4, 0.5) is 0 Å². The molecule has 1 rings (SSSR count). The van der Waals surface area contributed by atoms with Crippen LogP contribution in [0.3, 0.4) is 0 Å². The molecule has 1 aromatic rings. The Bertz CT molecular complexity index is 251. The van der Waals surface area contributed by atoms with Crippen LogP contribution in [0, 0.1) is 5.92 Å². The van der Waals surface area contributed by atoms with Gasteiger partial charge in [-0.2, -0.15) is 0 Å². The van der Waals surface area contributed by atoms with Crippen molar-refractivity contribution >= 4 is 43.2 Å². The summed E-state index contributed by atoms with van der Waals surface area (Å²) in [5.74, 6) is 0.488. The van der Waals surface area contributed by atoms with E-state index in [0.717, 1.165) is 8.26 Å². The highest BCUT2D eigenvalue weighted by Crippen LogP contribution is 2.36. The summed E-state index contributed by atoms with van der Waals surface area (Å²) >= 11 is 8.59. The minimum Gasteiger partial charge on any atom is -0.323 e. The molecule has 2 N–H and O–H groups in total. The predicted octanol–water partition coefficient (Wildman–Crippen LogP) is 3.93. The van der Waals surface area contributed by atoms with Crippen molar-refractivity contribution in [2.45, 2.75) is 19.9 Å². The Hall–Kier alpha value is 0.620. The van der Waals surface area contributed by atoms with Gasteiger partial charge >= 0.3 is 0 Å². The summed E-state index contributed by atoms with van der Waals surface area (Å²) in [6, 6.07) is 2.23. The minimum atomic E-state index is 0.151. The van der Waals surface area contributed by atoms with E-state index in [1.165, 1.54) is 4.88 Å². The molecule has 0 aliphatic heterocycles. The molecule has 1 atom stereocenters. The molecular weight excluding hydrogens is 302 g/mol. The van der Waals surface area contributed by atoms with Crippen molar-refractivity contribution in [2.24, 2.45) is 11.7 Å². The molecule has 0 saturated heterocycles. The maximum absolute atomic E-state index is 5.99. The van der Waals surface area contributed by atoms with Crippen LogP contribution in [0.1, 0.15) is 24.8 Å². The summed E-state index contributed by atoms with van der Waals surface area (Å²) in [5, 5.41) is 0. The molecule has 0 aliphatic rings. The lowest BCUT2D eigenvalue weighted by Crippen LogP contribution is -2.14. The zero-order chi connectivity index (χ0) is 9.30. The number of hydrogen-bond acceptors (Lipinski definition) is 2. The zero-order valence-electron chi connectivity index (χ0n) is 6.97. The summed E-state index contributed by atoms with van der Waals surface area (Å²) in [6.45, 7) is 4.26. The number of rotatable bonds is 2. The quantitative estimate of drug-likeness (QED) is 0.879. The molecule has 4 heteroatoms. The van der Waals surface area contributed by atoms with Gasteiger partial charge in [0.25, 0.3) is 0 Å². The van der Waals surface area contributed by atoms with E-state index in [-0.39, 0.29) is 6.04 Å². The van der Waals surface area contributed by atoms with E-state index >= 15 is 0 Å². The maximum Gasteiger partial charge on any atom is 0.0843 e. The van der Waals surface area contributed by atoms with Crippen molar-refractivity contribution in [1.82, 2.24) is 0 Å². The largest absolute Gasteiger partial charge is 0.323 e. The third-order valence-electron chi connectivity index (χ3n) is 1.71. The molecule has 68 valence electrons. The second kappa shape index (κ2) is 4.22. The Morgan fingerprint density at radius 2 is 2.00 bits per heavy atom. The van der Waals surface area contributed by atoms with E-state index in [1.807, 2.05) is 0 Å². The summed E-state index contributed by atoms with van der Waals surface area (Å²) < 4.78 is 2.22. The Labute approximate surface area is 93.6 Å². The fraction of sp³-hybridized carbons (Fsp3) is 0.500. The van der Waals surface area contributed by atoms with E-state index in [1.54, 1.807) is 11.3 Å². The fourth-order valence-corrected chi connectivity index (χ4v) is 3.12. The standard InChI is InChI=1S/C8H11Br2NS/c1-4(2)7(11)6-3-5(9)8(10)12-6/h3-4,7H,11H2,1-2H3/t7-/m0/s1. The first-order valence-corrected chi connectivity index (χ1v) is 6.13. The zero-order valence-corrected chi connectivity index (χ0v) is 11.0. The van der Waals surface area contributed by atoms with Crippen LogP contribution in [0.25, 0.3) is 0 Å². The normalized spacial score (nSPS) is 13.8. The van der Waals surface area contributed by atoms with Crippen LogP contribution in [-0.4, -0.2) is 0 Å². The molecule has 0 saturated carbocycles. The van der Waals surface area contributed by atoms with Crippen molar-refractivity contribution in [1.29, 1.82) is 0 Å². The summed E-state index contributed by atoms with van der Waals surface area (Å²) in [7, 11) is 0. The van der Waals surface area contributed by atoms with Gasteiger partial charge in [-0.1, -0.05) is 13.8 Å². The molecule has 0 radical (unpaired) electrons. The van der Waals surface area contributed by atoms with E-state index in [0.29, 0.717) is 5.92 Å². The Morgan fingerprint density at radius 3 is 2.33 bits per heavy atom. The average molecular weight is 313 g/mol. The van der Waals surface area contributed by atoms with Gasteiger partial charge in [0.05, 0.1) is 3.79 Å². The molecule has 1 aromatic heterocycles. The topological polar surface area (TPSA) is 26.0 Å². The molecular formula is C8H11Br2NS. The SMILES string of the molecule is CC(C)[C@H](N)c1cc(Br)c(Br)s1. The van der Waals surface area contributed by atoms with E-state index in [4.69, 9.17) is 5.73 Å². The minimum absolute atomic E-state index is 0.151. The van der Waals surface area contributed by atoms with Crippen molar-refractivity contribution < 1.29 is 0 Å². The molecule has 0 aliphatic carbocycles. The van der Waals surface area contributed by atoms with Gasteiger partial charge in [-0.3, -0.25) is 0 Å². The Morgan fingerprint density at radius 1 is 1.42 bits per heavy atom. The van der Waals surface area contributed by atoms with Gasteiger partial charge in [-0.15, -0.1) is 11.3 Å². The first-order chi connectivity index (χ1) is 5.52. The van der Waals surface area contributed by atoms with Crippen LogP contribution < -0.4 is 5.73 Å². The number of hydrogen-bond donors (Lipinski definition) is 1. The summed E-state index contributed by atoms with van der Waals surface area (Å²) in [5.41, 5.74) is 5.99. The first-order valence-electron chi connectivity index (χ1n) is 3.72. The second-order valence-corrected chi connectivity index (χ2v) is 6.30. The molecule has 12 heavy (non-hydrogen) atoms. The molecule has 0 amide bonds. The highest BCUT2D eigenvalue weighted by atomic mass is 79.9. The second-order valence-electron chi connectivity index (χ2n) is 3.04. The monoisotopic (exact) mass is 311 g/mol. The Kier molecular flexibility index (Phi) is 3.76. The lowest BCUT2D eigenvalue weighted by molar-refractivity contribution is 0.521. The first kappa shape index (κ1) is 10.7. The molecule has 1 heterocycles. The summed E-state index contributed by atoms with van der Waals surface area (Å²) in [6.07, 6.45) is 0.